The molecule has 2 heterocycles. The topological polar surface area (TPSA) is 170 Å². The summed E-state index contributed by atoms with van der Waals surface area (Å²) in [6, 6.07) is 13.0. The number of carbonyl (C=O) groups excluding carboxylic acids is 1. The second-order valence-electron chi connectivity index (χ2n) is 11.1. The summed E-state index contributed by atoms with van der Waals surface area (Å²) in [4.78, 5) is 33.3. The number of hydrogen-bond acceptors (Lipinski definition) is 8. The van der Waals surface area contributed by atoms with Crippen molar-refractivity contribution in [2.24, 2.45) is 0 Å². The Morgan fingerprint density at radius 2 is 1.77 bits per heavy atom. The van der Waals surface area contributed by atoms with E-state index in [4.69, 9.17) is 15.0 Å². The van der Waals surface area contributed by atoms with Crippen molar-refractivity contribution in [3.63, 3.8) is 0 Å². The zero-order valence-electron chi connectivity index (χ0n) is 26.2. The number of amides is 1. The number of anilines is 2. The number of sulfone groups is 1. The van der Waals surface area contributed by atoms with Gasteiger partial charge < -0.3 is 30.7 Å². The molecule has 260 valence electrons. The zero-order valence-corrected chi connectivity index (χ0v) is 27.0. The van der Waals surface area contributed by atoms with Crippen LogP contribution in [0.1, 0.15) is 31.4 Å². The van der Waals surface area contributed by atoms with Gasteiger partial charge in [0.25, 0.3) is 6.47 Å². The summed E-state index contributed by atoms with van der Waals surface area (Å²) in [5.41, 5.74) is 1.95. The molecule has 4 rings (SSSR count). The lowest BCUT2D eigenvalue weighted by atomic mass is 10.0. The molecule has 0 radical (unpaired) electrons. The van der Waals surface area contributed by atoms with Gasteiger partial charge in [-0.3, -0.25) is 19.3 Å². The normalized spacial score (nSPS) is 13.8. The second-order valence-corrected chi connectivity index (χ2v) is 13.1. The van der Waals surface area contributed by atoms with Crippen LogP contribution in [-0.4, -0.2) is 97.6 Å². The smallest absolute Gasteiger partial charge is 0.406 e. The van der Waals surface area contributed by atoms with Crippen LogP contribution in [0.15, 0.2) is 53.4 Å². The molecule has 48 heavy (non-hydrogen) atoms. The summed E-state index contributed by atoms with van der Waals surface area (Å²) < 4.78 is 65.2. The van der Waals surface area contributed by atoms with Crippen molar-refractivity contribution >= 4 is 50.5 Å². The van der Waals surface area contributed by atoms with Crippen LogP contribution in [0.4, 0.5) is 24.5 Å². The molecule has 0 unspecified atom stereocenters. The van der Waals surface area contributed by atoms with Gasteiger partial charge in [-0.15, -0.1) is 0 Å². The van der Waals surface area contributed by atoms with Gasteiger partial charge in [-0.05, 0) is 67.6 Å². The second kappa shape index (κ2) is 17.4. The van der Waals surface area contributed by atoms with Crippen LogP contribution >= 0.6 is 0 Å². The summed E-state index contributed by atoms with van der Waals surface area (Å²) in [5.74, 6) is 4.68. The molecule has 5 N–H and O–H groups in total. The number of aromatic nitrogens is 1. The van der Waals surface area contributed by atoms with E-state index in [1.807, 2.05) is 11.0 Å². The van der Waals surface area contributed by atoms with Crippen LogP contribution in [0, 0.1) is 11.8 Å². The monoisotopic (exact) mass is 693 g/mol. The summed E-state index contributed by atoms with van der Waals surface area (Å²) in [7, 11) is -3.33. The Morgan fingerprint density at radius 1 is 1.10 bits per heavy atom. The van der Waals surface area contributed by atoms with Crippen LogP contribution in [0.3, 0.4) is 0 Å². The number of aliphatic carboxylic acids is 1. The Labute approximate surface area is 276 Å². The SMILES string of the molecule is CS(=O)(=O)c1ccc(NCC#Cc2cc3c(NC4CCN(CC(=O)NCCCC(=O)O)CC4)cccc3n2CC(F)(F)F)cc1.O=CO. The molecule has 0 atom stereocenters. The van der Waals surface area contributed by atoms with Crippen LogP contribution in [-0.2, 0) is 30.8 Å². The Balaban J connectivity index is 0.00000201. The predicted molar refractivity (Wildman–Crippen MR) is 175 cm³/mol. The molecular formula is C32H38F3N5O7S. The van der Waals surface area contributed by atoms with Gasteiger partial charge in [0.15, 0.2) is 9.84 Å². The minimum atomic E-state index is -4.46. The van der Waals surface area contributed by atoms with E-state index in [1.165, 1.54) is 12.1 Å². The first-order chi connectivity index (χ1) is 22.7. The molecule has 1 amide bonds. The molecular weight excluding hydrogens is 655 g/mol. The van der Waals surface area contributed by atoms with E-state index in [0.29, 0.717) is 48.3 Å². The third-order valence-corrected chi connectivity index (χ3v) is 8.50. The van der Waals surface area contributed by atoms with Gasteiger partial charge in [0.2, 0.25) is 5.91 Å². The summed E-state index contributed by atoms with van der Waals surface area (Å²) >= 11 is 0. The number of piperidine rings is 1. The molecule has 1 aromatic heterocycles. The third kappa shape index (κ3) is 12.1. The first-order valence-corrected chi connectivity index (χ1v) is 16.9. The molecule has 0 spiro atoms. The van der Waals surface area contributed by atoms with Crippen LogP contribution < -0.4 is 16.0 Å². The van der Waals surface area contributed by atoms with E-state index in [9.17, 15) is 31.2 Å². The molecule has 16 heteroatoms. The van der Waals surface area contributed by atoms with E-state index in [2.05, 4.69) is 27.8 Å². The number of nitrogens with one attached hydrogen (secondary N) is 3. The lowest BCUT2D eigenvalue weighted by Crippen LogP contribution is -2.44. The largest absolute Gasteiger partial charge is 0.483 e. The number of hydrogen-bond donors (Lipinski definition) is 5. The molecule has 0 aliphatic carbocycles. The van der Waals surface area contributed by atoms with E-state index < -0.39 is 28.5 Å². The van der Waals surface area contributed by atoms with E-state index in [0.717, 1.165) is 23.7 Å². The van der Waals surface area contributed by atoms with Gasteiger partial charge in [0.05, 0.1) is 29.2 Å². The number of likely N-dealkylation sites (tertiary alicyclic amines) is 1. The summed E-state index contributed by atoms with van der Waals surface area (Å²) in [6.45, 7) is 0.540. The molecule has 1 aliphatic heterocycles. The third-order valence-electron chi connectivity index (χ3n) is 7.37. The van der Waals surface area contributed by atoms with Crippen molar-refractivity contribution in [3.8, 4) is 11.8 Å². The van der Waals surface area contributed by atoms with Crippen molar-refractivity contribution in [2.45, 2.75) is 49.3 Å². The maximum absolute atomic E-state index is 13.6. The predicted octanol–water partition coefficient (Wildman–Crippen LogP) is 3.63. The minimum Gasteiger partial charge on any atom is -0.483 e. The van der Waals surface area contributed by atoms with E-state index >= 15 is 0 Å². The highest BCUT2D eigenvalue weighted by atomic mass is 32.2. The van der Waals surface area contributed by atoms with Crippen LogP contribution in [0.5, 0.6) is 0 Å². The average molecular weight is 694 g/mol. The maximum atomic E-state index is 13.6. The zero-order chi connectivity index (χ0) is 35.3. The quantitative estimate of drug-likeness (QED) is 0.107. The number of carbonyl (C=O) groups is 3. The molecule has 1 fully saturated rings. The van der Waals surface area contributed by atoms with E-state index in [-0.39, 0.29) is 48.5 Å². The van der Waals surface area contributed by atoms with Gasteiger partial charge in [-0.25, -0.2) is 8.42 Å². The van der Waals surface area contributed by atoms with Gasteiger partial charge >= 0.3 is 12.1 Å². The number of nitrogens with zero attached hydrogens (tertiary/aromatic N) is 2. The Bertz CT molecular complexity index is 1720. The lowest BCUT2D eigenvalue weighted by molar-refractivity contribution is -0.140. The Kier molecular flexibility index (Phi) is 13.7. The minimum absolute atomic E-state index is 0.000327. The summed E-state index contributed by atoms with van der Waals surface area (Å²) in [6.07, 6.45) is -1.51. The molecule has 0 bridgehead atoms. The van der Waals surface area contributed by atoms with Crippen LogP contribution in [0.25, 0.3) is 10.9 Å². The van der Waals surface area contributed by atoms with Crippen molar-refractivity contribution in [3.05, 3.63) is 54.2 Å². The molecule has 0 saturated carbocycles. The fraction of sp³-hybridized carbons (Fsp3) is 0.406. The number of carboxylic acid groups (broad SMARTS) is 2. The first-order valence-electron chi connectivity index (χ1n) is 15.0. The molecule has 1 aliphatic rings. The maximum Gasteiger partial charge on any atom is 0.406 e. The number of alkyl halides is 3. The molecule has 12 nitrogen and oxygen atoms in total. The summed E-state index contributed by atoms with van der Waals surface area (Å²) in [5, 5.41) is 25.5. The fourth-order valence-corrected chi connectivity index (χ4v) is 5.78. The molecule has 2 aromatic carbocycles. The Morgan fingerprint density at radius 3 is 2.38 bits per heavy atom. The van der Waals surface area contributed by atoms with Gasteiger partial charge in [0.1, 0.15) is 6.54 Å². The van der Waals surface area contributed by atoms with Gasteiger partial charge in [-0.2, -0.15) is 13.2 Å². The fourth-order valence-electron chi connectivity index (χ4n) is 5.15. The highest BCUT2D eigenvalue weighted by molar-refractivity contribution is 7.90. The van der Waals surface area contributed by atoms with Crippen molar-refractivity contribution in [1.82, 2.24) is 14.8 Å². The number of halogens is 3. The van der Waals surface area contributed by atoms with Gasteiger partial charge in [0, 0.05) is 55.1 Å². The van der Waals surface area contributed by atoms with Crippen molar-refractivity contribution in [2.75, 3.05) is 49.6 Å². The number of rotatable bonds is 12. The molecule has 1 saturated heterocycles. The number of fused-ring (bicyclic) bond motifs is 1. The lowest BCUT2D eigenvalue weighted by Gasteiger charge is -2.32. The highest BCUT2D eigenvalue weighted by Crippen LogP contribution is 2.31. The Hall–Kier alpha value is -4.75. The first kappa shape index (κ1) is 37.7. The molecule has 3 aromatic rings. The van der Waals surface area contributed by atoms with Crippen LogP contribution in [0.2, 0.25) is 0 Å². The average Bonchev–Trinajstić information content (AvgIpc) is 3.35. The van der Waals surface area contributed by atoms with E-state index in [1.54, 1.807) is 30.3 Å². The number of carboxylic acids is 1. The standard InChI is InChI=1S/C31H36F3N5O5S.CH2O2/c1-45(43,44)25-11-9-22(10-12-25)35-15-3-5-24-19-26-27(6-2-7-28(26)39(24)21-31(32,33)34)37-23-13-17-38(18-14-23)20-29(40)36-16-4-8-30(41)42;2-1-3/h2,6-7,9-12,19,23,35,37H,4,8,13-18,20-21H2,1H3,(H,36,40)(H,41,42);1H,(H,2,3). The number of benzene rings is 2. The highest BCUT2D eigenvalue weighted by Gasteiger charge is 2.30. The van der Waals surface area contributed by atoms with Crippen molar-refractivity contribution in [1.29, 1.82) is 0 Å². The van der Waals surface area contributed by atoms with Crippen molar-refractivity contribution < 1.29 is 46.2 Å². The van der Waals surface area contributed by atoms with Gasteiger partial charge in [-0.1, -0.05) is 12.0 Å².